The molecule has 20 heavy (non-hydrogen) atoms. The molecular weight excluding hydrogens is 313 g/mol. The number of rotatable bonds is 6. The highest BCUT2D eigenvalue weighted by Crippen LogP contribution is 2.34. The smallest absolute Gasteiger partial charge is 0.0991 e. The van der Waals surface area contributed by atoms with Crippen LogP contribution in [0.3, 0.4) is 0 Å². The molecule has 1 unspecified atom stereocenters. The zero-order chi connectivity index (χ0) is 14.7. The van der Waals surface area contributed by atoms with E-state index in [1.165, 1.54) is 17.0 Å². The van der Waals surface area contributed by atoms with E-state index in [1.807, 2.05) is 13.0 Å². The Balaban J connectivity index is 1.78. The fourth-order valence-electron chi connectivity index (χ4n) is 2.21. The minimum absolute atomic E-state index is 0.215. The molecule has 0 saturated carbocycles. The highest BCUT2D eigenvalue weighted by molar-refractivity contribution is 7.20. The van der Waals surface area contributed by atoms with Crippen LogP contribution in [0.5, 0.6) is 0 Å². The van der Waals surface area contributed by atoms with Crippen LogP contribution in [-0.4, -0.2) is 16.3 Å². The molecule has 0 spiro atoms. The van der Waals surface area contributed by atoms with Crippen molar-refractivity contribution in [1.29, 1.82) is 0 Å². The van der Waals surface area contributed by atoms with Crippen molar-refractivity contribution < 1.29 is 0 Å². The van der Waals surface area contributed by atoms with E-state index in [1.54, 1.807) is 0 Å². The number of hydrogen-bond acceptors (Lipinski definition) is 3. The summed E-state index contributed by atoms with van der Waals surface area (Å²) in [5.41, 5.74) is 3.36. The second-order valence-electron chi connectivity index (χ2n) is 4.96. The molecule has 0 aromatic carbocycles. The van der Waals surface area contributed by atoms with Crippen LogP contribution in [0.1, 0.15) is 36.3 Å². The lowest BCUT2D eigenvalue weighted by Crippen LogP contribution is -2.21. The van der Waals surface area contributed by atoms with E-state index in [0.29, 0.717) is 0 Å². The fraction of sp³-hybridized carbons (Fsp3) is 0.500. The molecule has 0 aliphatic heterocycles. The summed E-state index contributed by atoms with van der Waals surface area (Å²) in [5, 5.41) is 7.93. The fourth-order valence-corrected chi connectivity index (χ4v) is 3.85. The molecule has 6 heteroatoms. The van der Waals surface area contributed by atoms with Gasteiger partial charge in [-0.15, -0.1) is 11.3 Å². The number of nitrogens with one attached hydrogen (secondary N) is 1. The number of thiophene rings is 1. The summed E-state index contributed by atoms with van der Waals surface area (Å²) < 4.78 is 3.56. The Labute approximate surface area is 133 Å². The Morgan fingerprint density at radius 3 is 2.65 bits per heavy atom. The van der Waals surface area contributed by atoms with Crippen LogP contribution in [-0.2, 0) is 6.54 Å². The summed E-state index contributed by atoms with van der Waals surface area (Å²) in [6, 6.07) is 4.25. The number of halogens is 2. The van der Waals surface area contributed by atoms with E-state index in [2.05, 4.69) is 35.0 Å². The zero-order valence-electron chi connectivity index (χ0n) is 11.9. The van der Waals surface area contributed by atoms with Gasteiger partial charge in [-0.3, -0.25) is 4.68 Å². The molecule has 0 radical (unpaired) electrons. The van der Waals surface area contributed by atoms with Crippen LogP contribution < -0.4 is 5.32 Å². The van der Waals surface area contributed by atoms with Gasteiger partial charge in [0.25, 0.3) is 0 Å². The molecule has 0 amide bonds. The van der Waals surface area contributed by atoms with Crippen LogP contribution in [0.2, 0.25) is 8.67 Å². The summed E-state index contributed by atoms with van der Waals surface area (Å²) in [6.07, 6.45) is 1.03. The molecule has 0 bridgehead atoms. The van der Waals surface area contributed by atoms with Gasteiger partial charge >= 0.3 is 0 Å². The van der Waals surface area contributed by atoms with E-state index < -0.39 is 0 Å². The molecule has 3 nitrogen and oxygen atoms in total. The quantitative estimate of drug-likeness (QED) is 0.783. The van der Waals surface area contributed by atoms with E-state index >= 15 is 0 Å². The molecule has 0 fully saturated rings. The summed E-state index contributed by atoms with van der Waals surface area (Å²) in [4.78, 5) is 0. The lowest BCUT2D eigenvalue weighted by Gasteiger charge is -2.13. The topological polar surface area (TPSA) is 29.9 Å². The second kappa shape index (κ2) is 6.94. The van der Waals surface area contributed by atoms with E-state index in [9.17, 15) is 0 Å². The lowest BCUT2D eigenvalue weighted by molar-refractivity contribution is 0.501. The Kier molecular flexibility index (Phi) is 5.49. The van der Waals surface area contributed by atoms with Gasteiger partial charge in [-0.05, 0) is 51.4 Å². The summed E-state index contributed by atoms with van der Waals surface area (Å²) >= 11 is 13.5. The third kappa shape index (κ3) is 3.98. The van der Waals surface area contributed by atoms with Gasteiger partial charge < -0.3 is 5.32 Å². The third-order valence-corrected chi connectivity index (χ3v) is 4.77. The van der Waals surface area contributed by atoms with Gasteiger partial charge in [0.1, 0.15) is 0 Å². The van der Waals surface area contributed by atoms with Crippen molar-refractivity contribution in [2.45, 2.75) is 39.8 Å². The number of aryl methyl sites for hydroxylation is 3. The van der Waals surface area contributed by atoms with Gasteiger partial charge in [0.05, 0.1) is 14.4 Å². The van der Waals surface area contributed by atoms with Crippen molar-refractivity contribution in [2.24, 2.45) is 0 Å². The van der Waals surface area contributed by atoms with Crippen molar-refractivity contribution in [3.63, 3.8) is 0 Å². The van der Waals surface area contributed by atoms with Crippen molar-refractivity contribution in [1.82, 2.24) is 15.1 Å². The first-order chi connectivity index (χ1) is 9.47. The van der Waals surface area contributed by atoms with Gasteiger partial charge in [0.2, 0.25) is 0 Å². The Hall–Kier alpha value is -0.550. The molecule has 1 N–H and O–H groups in total. The van der Waals surface area contributed by atoms with Gasteiger partial charge in [0, 0.05) is 18.3 Å². The first-order valence-corrected chi connectivity index (χ1v) is 8.24. The van der Waals surface area contributed by atoms with Crippen molar-refractivity contribution in [2.75, 3.05) is 6.54 Å². The van der Waals surface area contributed by atoms with E-state index in [0.717, 1.165) is 39.4 Å². The van der Waals surface area contributed by atoms with Crippen molar-refractivity contribution in [3.05, 3.63) is 37.8 Å². The molecule has 2 aromatic rings. The van der Waals surface area contributed by atoms with Crippen LogP contribution in [0.4, 0.5) is 0 Å². The van der Waals surface area contributed by atoms with Crippen LogP contribution >= 0.6 is 34.5 Å². The first kappa shape index (κ1) is 15.8. The standard InChI is InChI=1S/C14H19Cl2N3S/c1-9-7-10(2)19(18-9)6-4-5-17-11(3)12-8-13(15)20-14(12)16/h7-8,11,17H,4-6H2,1-3H3. The maximum absolute atomic E-state index is 6.15. The Morgan fingerprint density at radius 1 is 1.35 bits per heavy atom. The Morgan fingerprint density at radius 2 is 2.10 bits per heavy atom. The molecule has 2 aromatic heterocycles. The van der Waals surface area contributed by atoms with Crippen LogP contribution in [0.15, 0.2) is 12.1 Å². The highest BCUT2D eigenvalue weighted by Gasteiger charge is 2.12. The van der Waals surface area contributed by atoms with Crippen LogP contribution in [0, 0.1) is 13.8 Å². The molecular formula is C14H19Cl2N3S. The predicted molar refractivity (Wildman–Crippen MR) is 87.1 cm³/mol. The monoisotopic (exact) mass is 331 g/mol. The molecule has 2 heterocycles. The SMILES string of the molecule is Cc1cc(C)n(CCCNC(C)c2cc(Cl)sc2Cl)n1. The van der Waals surface area contributed by atoms with Gasteiger partial charge in [0.15, 0.2) is 0 Å². The van der Waals surface area contributed by atoms with Gasteiger partial charge in [-0.2, -0.15) is 5.10 Å². The first-order valence-electron chi connectivity index (χ1n) is 6.66. The minimum Gasteiger partial charge on any atom is -0.310 e. The maximum Gasteiger partial charge on any atom is 0.0991 e. The molecule has 0 aliphatic carbocycles. The molecule has 1 atom stereocenters. The average Bonchev–Trinajstić information content (AvgIpc) is 2.87. The number of hydrogen-bond donors (Lipinski definition) is 1. The summed E-state index contributed by atoms with van der Waals surface area (Å²) in [7, 11) is 0. The molecule has 0 aliphatic rings. The van der Waals surface area contributed by atoms with E-state index in [-0.39, 0.29) is 6.04 Å². The third-order valence-electron chi connectivity index (χ3n) is 3.25. The second-order valence-corrected chi connectivity index (χ2v) is 7.24. The van der Waals surface area contributed by atoms with Crippen molar-refractivity contribution in [3.8, 4) is 0 Å². The zero-order valence-corrected chi connectivity index (χ0v) is 14.2. The summed E-state index contributed by atoms with van der Waals surface area (Å²) in [6.45, 7) is 8.06. The average molecular weight is 332 g/mol. The minimum atomic E-state index is 0.215. The van der Waals surface area contributed by atoms with Gasteiger partial charge in [-0.1, -0.05) is 23.2 Å². The van der Waals surface area contributed by atoms with Crippen molar-refractivity contribution >= 4 is 34.5 Å². The molecule has 2 rings (SSSR count). The normalized spacial score (nSPS) is 12.8. The van der Waals surface area contributed by atoms with E-state index in [4.69, 9.17) is 23.2 Å². The summed E-state index contributed by atoms with van der Waals surface area (Å²) in [5.74, 6) is 0. The predicted octanol–water partition coefficient (Wildman–Crippen LogP) is 4.61. The maximum atomic E-state index is 6.15. The lowest BCUT2D eigenvalue weighted by atomic mass is 10.2. The van der Waals surface area contributed by atoms with Crippen LogP contribution in [0.25, 0.3) is 0 Å². The highest BCUT2D eigenvalue weighted by atomic mass is 35.5. The largest absolute Gasteiger partial charge is 0.310 e. The molecule has 110 valence electrons. The van der Waals surface area contributed by atoms with Gasteiger partial charge in [-0.25, -0.2) is 0 Å². The Bertz CT molecular complexity index is 577. The number of nitrogens with zero attached hydrogens (tertiary/aromatic N) is 2. The number of aromatic nitrogens is 2. The molecule has 0 saturated heterocycles.